The Balaban J connectivity index is 1.54. The topological polar surface area (TPSA) is 68.5 Å². The van der Waals surface area contributed by atoms with Gasteiger partial charge in [-0.25, -0.2) is 4.98 Å². The molecule has 0 spiro atoms. The number of anilines is 1. The van der Waals surface area contributed by atoms with Gasteiger partial charge in [0.05, 0.1) is 22.2 Å². The van der Waals surface area contributed by atoms with E-state index >= 15 is 0 Å². The molecule has 2 aromatic carbocycles. The molecule has 1 aromatic heterocycles. The molecule has 7 heteroatoms. The van der Waals surface area contributed by atoms with Crippen LogP contribution in [-0.2, 0) is 0 Å². The molecule has 25 heavy (non-hydrogen) atoms. The Hall–Kier alpha value is -2.67. The number of methoxy groups -OCH3 is 1. The minimum atomic E-state index is -0.367. The van der Waals surface area contributed by atoms with Crippen molar-refractivity contribution >= 4 is 32.4 Å². The van der Waals surface area contributed by atoms with Crippen LogP contribution in [0.5, 0.6) is 5.75 Å². The molecule has 1 unspecified atom stereocenters. The van der Waals surface area contributed by atoms with Crippen molar-refractivity contribution in [3.05, 3.63) is 58.1 Å². The Kier molecular flexibility index (Phi) is 4.01. The summed E-state index contributed by atoms with van der Waals surface area (Å²) < 4.78 is 6.07. The van der Waals surface area contributed by atoms with Crippen molar-refractivity contribution in [3.63, 3.8) is 0 Å². The van der Waals surface area contributed by atoms with Gasteiger partial charge < -0.3 is 9.64 Å². The molecule has 4 rings (SSSR count). The van der Waals surface area contributed by atoms with Crippen LogP contribution < -0.4 is 9.64 Å². The number of thiazole rings is 1. The molecule has 1 atom stereocenters. The Morgan fingerprint density at radius 2 is 2.08 bits per heavy atom. The number of nitrogens with zero attached hydrogens (tertiary/aromatic N) is 3. The van der Waals surface area contributed by atoms with Crippen molar-refractivity contribution in [1.82, 2.24) is 4.98 Å². The maximum atomic E-state index is 10.9. The maximum absolute atomic E-state index is 10.9. The molecule has 1 aliphatic heterocycles. The third kappa shape index (κ3) is 3.02. The van der Waals surface area contributed by atoms with Gasteiger partial charge >= 0.3 is 0 Å². The van der Waals surface area contributed by atoms with Crippen LogP contribution in [0.1, 0.15) is 17.9 Å². The van der Waals surface area contributed by atoms with Crippen LogP contribution in [0.4, 0.5) is 10.8 Å². The molecular formula is C18H17N3O3S. The number of benzene rings is 2. The smallest absolute Gasteiger partial charge is 0.270 e. The van der Waals surface area contributed by atoms with Crippen molar-refractivity contribution in [1.29, 1.82) is 0 Å². The van der Waals surface area contributed by atoms with Gasteiger partial charge in [-0.1, -0.05) is 23.5 Å². The van der Waals surface area contributed by atoms with Crippen molar-refractivity contribution in [2.45, 2.75) is 12.3 Å². The molecule has 3 aromatic rings. The first-order chi connectivity index (χ1) is 12.1. The number of hydrogen-bond acceptors (Lipinski definition) is 6. The Bertz CT molecular complexity index is 923. The van der Waals surface area contributed by atoms with Gasteiger partial charge in [0.25, 0.3) is 5.69 Å². The fraction of sp³-hybridized carbons (Fsp3) is 0.278. The zero-order chi connectivity index (χ0) is 17.4. The molecule has 1 saturated heterocycles. The summed E-state index contributed by atoms with van der Waals surface area (Å²) in [7, 11) is 1.67. The molecule has 0 N–H and O–H groups in total. The Morgan fingerprint density at radius 3 is 2.80 bits per heavy atom. The third-order valence-electron chi connectivity index (χ3n) is 4.62. The van der Waals surface area contributed by atoms with Gasteiger partial charge in [-0.05, 0) is 30.2 Å². The van der Waals surface area contributed by atoms with E-state index in [1.54, 1.807) is 19.2 Å². The highest BCUT2D eigenvalue weighted by molar-refractivity contribution is 7.22. The quantitative estimate of drug-likeness (QED) is 0.518. The van der Waals surface area contributed by atoms with E-state index < -0.39 is 0 Å². The molecule has 0 bridgehead atoms. The lowest BCUT2D eigenvalue weighted by atomic mass is 9.98. The lowest BCUT2D eigenvalue weighted by Crippen LogP contribution is -2.18. The minimum Gasteiger partial charge on any atom is -0.497 e. The number of hydrogen-bond donors (Lipinski definition) is 0. The van der Waals surface area contributed by atoms with E-state index in [1.165, 1.54) is 23.0 Å². The summed E-state index contributed by atoms with van der Waals surface area (Å²) in [5.74, 6) is 1.33. The maximum Gasteiger partial charge on any atom is 0.270 e. The Labute approximate surface area is 148 Å². The van der Waals surface area contributed by atoms with Crippen molar-refractivity contribution in [2.24, 2.45) is 0 Å². The molecule has 0 aliphatic carbocycles. The summed E-state index contributed by atoms with van der Waals surface area (Å²) in [6.45, 7) is 1.85. The van der Waals surface area contributed by atoms with Crippen molar-refractivity contribution in [3.8, 4) is 5.75 Å². The van der Waals surface area contributed by atoms with Crippen LogP contribution in [0.3, 0.4) is 0 Å². The van der Waals surface area contributed by atoms with Crippen LogP contribution in [-0.4, -0.2) is 30.1 Å². The van der Waals surface area contributed by atoms with Crippen LogP contribution in [0, 0.1) is 10.1 Å². The van der Waals surface area contributed by atoms with Gasteiger partial charge in [0, 0.05) is 31.1 Å². The number of nitro groups is 1. The lowest BCUT2D eigenvalue weighted by Gasteiger charge is -2.15. The minimum absolute atomic E-state index is 0.111. The summed E-state index contributed by atoms with van der Waals surface area (Å²) in [5.41, 5.74) is 2.23. The van der Waals surface area contributed by atoms with Crippen LogP contribution in [0.25, 0.3) is 10.2 Å². The van der Waals surface area contributed by atoms with Gasteiger partial charge in [-0.2, -0.15) is 0 Å². The summed E-state index contributed by atoms with van der Waals surface area (Å²) >= 11 is 1.52. The molecule has 0 saturated carbocycles. The second-order valence-corrected chi connectivity index (χ2v) is 7.12. The van der Waals surface area contributed by atoms with Gasteiger partial charge in [0.15, 0.2) is 5.13 Å². The number of aromatic nitrogens is 1. The summed E-state index contributed by atoms with van der Waals surface area (Å²) in [4.78, 5) is 17.5. The predicted octanol–water partition coefficient (Wildman–Crippen LogP) is 4.21. The van der Waals surface area contributed by atoms with Gasteiger partial charge in [0.2, 0.25) is 0 Å². The number of rotatable bonds is 4. The molecule has 0 radical (unpaired) electrons. The fourth-order valence-corrected chi connectivity index (χ4v) is 4.27. The third-order valence-corrected chi connectivity index (χ3v) is 5.70. The van der Waals surface area contributed by atoms with E-state index in [2.05, 4.69) is 22.0 Å². The molecular weight excluding hydrogens is 338 g/mol. The van der Waals surface area contributed by atoms with Gasteiger partial charge in [0.1, 0.15) is 5.75 Å². The largest absolute Gasteiger partial charge is 0.497 e. The second kappa shape index (κ2) is 6.33. The van der Waals surface area contributed by atoms with Gasteiger partial charge in [-0.15, -0.1) is 0 Å². The van der Waals surface area contributed by atoms with Gasteiger partial charge in [-0.3, -0.25) is 10.1 Å². The van der Waals surface area contributed by atoms with E-state index in [-0.39, 0.29) is 10.6 Å². The highest BCUT2D eigenvalue weighted by Gasteiger charge is 2.26. The molecule has 2 heterocycles. The zero-order valence-electron chi connectivity index (χ0n) is 13.7. The lowest BCUT2D eigenvalue weighted by molar-refractivity contribution is -0.384. The summed E-state index contributed by atoms with van der Waals surface area (Å²) in [6, 6.07) is 13.1. The van der Waals surface area contributed by atoms with Crippen molar-refractivity contribution < 1.29 is 9.66 Å². The first-order valence-corrected chi connectivity index (χ1v) is 8.89. The predicted molar refractivity (Wildman–Crippen MR) is 98.8 cm³/mol. The van der Waals surface area contributed by atoms with E-state index in [0.29, 0.717) is 5.92 Å². The average molecular weight is 355 g/mol. The van der Waals surface area contributed by atoms with Crippen LogP contribution in [0.15, 0.2) is 42.5 Å². The summed E-state index contributed by atoms with van der Waals surface area (Å²) in [5, 5.41) is 11.9. The number of non-ortho nitro benzene ring substituents is 1. The molecule has 1 aliphatic rings. The number of ether oxygens (including phenoxy) is 1. The fourth-order valence-electron chi connectivity index (χ4n) is 3.23. The van der Waals surface area contributed by atoms with E-state index in [0.717, 1.165) is 40.6 Å². The van der Waals surface area contributed by atoms with Crippen LogP contribution >= 0.6 is 11.3 Å². The zero-order valence-corrected chi connectivity index (χ0v) is 14.5. The second-order valence-electron chi connectivity index (χ2n) is 6.11. The average Bonchev–Trinajstić information content (AvgIpc) is 3.27. The first-order valence-electron chi connectivity index (χ1n) is 8.08. The molecule has 1 fully saturated rings. The first kappa shape index (κ1) is 15.8. The van der Waals surface area contributed by atoms with Crippen LogP contribution in [0.2, 0.25) is 0 Å². The van der Waals surface area contributed by atoms with E-state index in [1.807, 2.05) is 12.1 Å². The standard InChI is InChI=1S/C18H17N3O3S/c1-24-15-5-2-12(3-6-15)13-8-9-20(11-13)18-19-16-7-4-14(21(22)23)10-17(16)25-18/h2-7,10,13H,8-9,11H2,1H3. The van der Waals surface area contributed by atoms with E-state index in [9.17, 15) is 10.1 Å². The molecule has 0 amide bonds. The SMILES string of the molecule is COc1ccc(C2CCN(c3nc4ccc([N+](=O)[O-])cc4s3)C2)cc1. The Morgan fingerprint density at radius 1 is 1.28 bits per heavy atom. The monoisotopic (exact) mass is 355 g/mol. The molecule has 128 valence electrons. The summed E-state index contributed by atoms with van der Waals surface area (Å²) in [6.07, 6.45) is 1.07. The highest BCUT2D eigenvalue weighted by atomic mass is 32.1. The molecule has 6 nitrogen and oxygen atoms in total. The highest BCUT2D eigenvalue weighted by Crippen LogP contribution is 2.36. The number of nitro benzene ring substituents is 1. The van der Waals surface area contributed by atoms with Crippen molar-refractivity contribution in [2.75, 3.05) is 25.1 Å². The van der Waals surface area contributed by atoms with E-state index in [4.69, 9.17) is 4.74 Å². The number of fused-ring (bicyclic) bond motifs is 1. The normalized spacial score (nSPS) is 17.2.